The van der Waals surface area contributed by atoms with Crippen molar-refractivity contribution in [3.8, 4) is 11.5 Å². The molecule has 2 aromatic carbocycles. The molecule has 3 rings (SSSR count). The number of aryl methyl sites for hydroxylation is 1. The van der Waals surface area contributed by atoms with E-state index in [-0.39, 0.29) is 18.9 Å². The summed E-state index contributed by atoms with van der Waals surface area (Å²) in [4.78, 5) is 23.8. The minimum absolute atomic E-state index is 0.0646. The molecule has 0 radical (unpaired) electrons. The molecule has 0 saturated heterocycles. The van der Waals surface area contributed by atoms with Crippen molar-refractivity contribution in [1.82, 2.24) is 0 Å². The Morgan fingerprint density at radius 3 is 2.42 bits per heavy atom. The van der Waals surface area contributed by atoms with Gasteiger partial charge in [0.15, 0.2) is 18.1 Å². The Balaban J connectivity index is 1.46. The lowest BCUT2D eigenvalue weighted by molar-refractivity contribution is -0.146. The molecule has 0 atom stereocenters. The first kappa shape index (κ1) is 17.8. The van der Waals surface area contributed by atoms with Gasteiger partial charge < -0.3 is 19.5 Å². The zero-order valence-electron chi connectivity index (χ0n) is 14.6. The summed E-state index contributed by atoms with van der Waals surface area (Å²) in [6.45, 7) is 2.75. The zero-order valence-corrected chi connectivity index (χ0v) is 14.6. The molecule has 26 heavy (non-hydrogen) atoms. The van der Waals surface area contributed by atoms with Crippen molar-refractivity contribution in [2.45, 2.75) is 19.8 Å². The van der Waals surface area contributed by atoms with Crippen LogP contribution in [-0.4, -0.2) is 31.7 Å². The quantitative estimate of drug-likeness (QED) is 0.807. The lowest BCUT2D eigenvalue weighted by Crippen LogP contribution is -2.21. The predicted molar refractivity (Wildman–Crippen MR) is 96.5 cm³/mol. The van der Waals surface area contributed by atoms with Crippen molar-refractivity contribution in [3.05, 3.63) is 53.6 Å². The van der Waals surface area contributed by atoms with Crippen LogP contribution in [0.25, 0.3) is 0 Å². The fourth-order valence-electron chi connectivity index (χ4n) is 2.58. The second kappa shape index (κ2) is 8.38. The van der Waals surface area contributed by atoms with Crippen LogP contribution in [0.5, 0.6) is 11.5 Å². The monoisotopic (exact) mass is 355 g/mol. The lowest BCUT2D eigenvalue weighted by Gasteiger charge is -2.18. The molecule has 1 N–H and O–H groups in total. The van der Waals surface area contributed by atoms with E-state index in [1.807, 2.05) is 24.3 Å². The van der Waals surface area contributed by atoms with E-state index in [1.165, 1.54) is 5.56 Å². The first-order valence-electron chi connectivity index (χ1n) is 8.57. The summed E-state index contributed by atoms with van der Waals surface area (Å²) in [6.07, 6.45) is 1.00. The molecule has 2 aromatic rings. The Hall–Kier alpha value is -3.02. The van der Waals surface area contributed by atoms with Crippen LogP contribution in [0.3, 0.4) is 0 Å². The average molecular weight is 355 g/mol. The van der Waals surface area contributed by atoms with Crippen LogP contribution in [0.1, 0.15) is 18.1 Å². The summed E-state index contributed by atoms with van der Waals surface area (Å²) in [5.74, 6) is 0.444. The van der Waals surface area contributed by atoms with Gasteiger partial charge in [0.05, 0.1) is 6.42 Å². The second-order valence-electron chi connectivity index (χ2n) is 5.91. The number of carbonyl (C=O) groups excluding carboxylic acids is 2. The van der Waals surface area contributed by atoms with Gasteiger partial charge in [0.2, 0.25) is 0 Å². The highest BCUT2D eigenvalue weighted by Crippen LogP contribution is 2.30. The second-order valence-corrected chi connectivity index (χ2v) is 5.91. The van der Waals surface area contributed by atoms with Crippen molar-refractivity contribution in [2.24, 2.45) is 0 Å². The molecule has 6 heteroatoms. The number of hydrogen-bond acceptors (Lipinski definition) is 5. The molecule has 0 saturated carbocycles. The summed E-state index contributed by atoms with van der Waals surface area (Å²) in [6, 6.07) is 12.9. The van der Waals surface area contributed by atoms with Gasteiger partial charge >= 0.3 is 5.97 Å². The zero-order chi connectivity index (χ0) is 18.4. The number of anilines is 1. The Morgan fingerprint density at radius 1 is 1.00 bits per heavy atom. The van der Waals surface area contributed by atoms with Crippen molar-refractivity contribution in [3.63, 3.8) is 0 Å². The number of amides is 1. The molecular weight excluding hydrogens is 334 g/mol. The van der Waals surface area contributed by atoms with Crippen LogP contribution in [0.4, 0.5) is 5.69 Å². The predicted octanol–water partition coefficient (Wildman–Crippen LogP) is 2.74. The van der Waals surface area contributed by atoms with E-state index in [0.717, 1.165) is 12.0 Å². The molecule has 0 bridgehead atoms. The van der Waals surface area contributed by atoms with E-state index >= 15 is 0 Å². The van der Waals surface area contributed by atoms with Gasteiger partial charge in [-0.25, -0.2) is 0 Å². The number of fused-ring (bicyclic) bond motifs is 1. The number of esters is 1. The average Bonchev–Trinajstić information content (AvgIpc) is 2.67. The highest BCUT2D eigenvalue weighted by Gasteiger charge is 2.14. The number of hydrogen-bond donors (Lipinski definition) is 1. The SMILES string of the molecule is CCc1ccc(NC(=O)COC(=O)Cc2ccc3c(c2)OCCO3)cc1. The van der Waals surface area contributed by atoms with E-state index in [9.17, 15) is 9.59 Å². The third kappa shape index (κ3) is 4.75. The van der Waals surface area contributed by atoms with Crippen LogP contribution < -0.4 is 14.8 Å². The first-order valence-corrected chi connectivity index (χ1v) is 8.57. The Morgan fingerprint density at radius 2 is 1.69 bits per heavy atom. The van der Waals surface area contributed by atoms with Crippen LogP contribution in [-0.2, 0) is 27.2 Å². The molecule has 1 heterocycles. The normalized spacial score (nSPS) is 12.3. The highest BCUT2D eigenvalue weighted by atomic mass is 16.6. The summed E-state index contributed by atoms with van der Waals surface area (Å²) >= 11 is 0. The number of rotatable bonds is 6. The summed E-state index contributed by atoms with van der Waals surface area (Å²) in [7, 11) is 0. The molecule has 0 aromatic heterocycles. The minimum Gasteiger partial charge on any atom is -0.486 e. The van der Waals surface area contributed by atoms with Crippen molar-refractivity contribution < 1.29 is 23.8 Å². The van der Waals surface area contributed by atoms with Gasteiger partial charge in [-0.2, -0.15) is 0 Å². The molecule has 0 unspecified atom stereocenters. The highest BCUT2D eigenvalue weighted by molar-refractivity contribution is 5.92. The molecule has 136 valence electrons. The molecule has 6 nitrogen and oxygen atoms in total. The van der Waals surface area contributed by atoms with Gasteiger partial charge in [0.1, 0.15) is 13.2 Å². The Bertz CT molecular complexity index is 785. The molecule has 1 amide bonds. The molecule has 0 fully saturated rings. The lowest BCUT2D eigenvalue weighted by atomic mass is 10.1. The number of carbonyl (C=O) groups is 2. The smallest absolute Gasteiger partial charge is 0.310 e. The number of ether oxygens (including phenoxy) is 3. The molecule has 1 aliphatic rings. The van der Waals surface area contributed by atoms with Gasteiger partial charge in [-0.05, 0) is 41.8 Å². The largest absolute Gasteiger partial charge is 0.486 e. The van der Waals surface area contributed by atoms with Gasteiger partial charge in [-0.15, -0.1) is 0 Å². The summed E-state index contributed by atoms with van der Waals surface area (Å²) < 4.78 is 16.0. The fraction of sp³-hybridized carbons (Fsp3) is 0.300. The molecule has 0 aliphatic carbocycles. The summed E-state index contributed by atoms with van der Waals surface area (Å²) in [5, 5.41) is 2.70. The van der Waals surface area contributed by atoms with Gasteiger partial charge in [-0.1, -0.05) is 25.1 Å². The van der Waals surface area contributed by atoms with Crippen LogP contribution in [0.15, 0.2) is 42.5 Å². The van der Waals surface area contributed by atoms with E-state index in [4.69, 9.17) is 14.2 Å². The van der Waals surface area contributed by atoms with Crippen LogP contribution >= 0.6 is 0 Å². The van der Waals surface area contributed by atoms with Gasteiger partial charge in [-0.3, -0.25) is 9.59 Å². The van der Waals surface area contributed by atoms with Crippen LogP contribution in [0, 0.1) is 0 Å². The third-order valence-corrected chi connectivity index (χ3v) is 3.97. The molecular formula is C20H21NO5. The minimum atomic E-state index is -0.474. The van der Waals surface area contributed by atoms with E-state index in [0.29, 0.717) is 30.4 Å². The maximum Gasteiger partial charge on any atom is 0.310 e. The van der Waals surface area contributed by atoms with Crippen molar-refractivity contribution >= 4 is 17.6 Å². The standard InChI is InChI=1S/C20H21NO5/c1-2-14-3-6-16(7-4-14)21-19(22)13-26-20(23)12-15-5-8-17-18(11-15)25-10-9-24-17/h3-8,11H,2,9-10,12-13H2,1H3,(H,21,22). The van der Waals surface area contributed by atoms with Gasteiger partial charge in [0, 0.05) is 5.69 Å². The van der Waals surface area contributed by atoms with E-state index in [1.54, 1.807) is 18.2 Å². The van der Waals surface area contributed by atoms with E-state index < -0.39 is 5.97 Å². The fourth-order valence-corrected chi connectivity index (χ4v) is 2.58. The van der Waals surface area contributed by atoms with Crippen molar-refractivity contribution in [2.75, 3.05) is 25.1 Å². The van der Waals surface area contributed by atoms with Crippen molar-refractivity contribution in [1.29, 1.82) is 0 Å². The Kier molecular flexibility index (Phi) is 5.73. The van der Waals surface area contributed by atoms with Crippen LogP contribution in [0.2, 0.25) is 0 Å². The Labute approximate surface area is 152 Å². The topological polar surface area (TPSA) is 73.9 Å². The summed E-state index contributed by atoms with van der Waals surface area (Å²) in [5.41, 5.74) is 2.61. The molecule has 0 spiro atoms. The third-order valence-electron chi connectivity index (χ3n) is 3.97. The maximum atomic E-state index is 11.9. The van der Waals surface area contributed by atoms with E-state index in [2.05, 4.69) is 12.2 Å². The maximum absolute atomic E-state index is 11.9. The molecule has 1 aliphatic heterocycles. The van der Waals surface area contributed by atoms with Gasteiger partial charge in [0.25, 0.3) is 5.91 Å². The first-order chi connectivity index (χ1) is 12.6. The number of benzene rings is 2. The number of nitrogens with one attached hydrogen (secondary N) is 1.